The summed E-state index contributed by atoms with van der Waals surface area (Å²) in [4.78, 5) is 14.6. The van der Waals surface area contributed by atoms with E-state index in [0.29, 0.717) is 5.69 Å². The first-order chi connectivity index (χ1) is 8.06. The zero-order valence-corrected chi connectivity index (χ0v) is 11.2. The fourth-order valence-electron chi connectivity index (χ4n) is 1.41. The van der Waals surface area contributed by atoms with Gasteiger partial charge in [0.15, 0.2) is 0 Å². The standard InChI is InChI=1S/C12H10FIN2O/c1-7-4-11(15-6-7)12(17)16-10-3-2-8(14)5-9(10)13/h2-6,15H,1H3,(H,16,17). The molecule has 1 amide bonds. The number of carbonyl (C=O) groups excluding carboxylic acids is 1. The summed E-state index contributed by atoms with van der Waals surface area (Å²) in [6, 6.07) is 6.36. The number of nitrogens with one attached hydrogen (secondary N) is 2. The van der Waals surface area contributed by atoms with Gasteiger partial charge in [0.2, 0.25) is 0 Å². The number of hydrogen-bond acceptors (Lipinski definition) is 1. The Bertz CT molecular complexity index is 565. The lowest BCUT2D eigenvalue weighted by molar-refractivity contribution is 0.102. The van der Waals surface area contributed by atoms with Crippen LogP contribution in [0.25, 0.3) is 0 Å². The number of aromatic amines is 1. The highest BCUT2D eigenvalue weighted by atomic mass is 127. The summed E-state index contributed by atoms with van der Waals surface area (Å²) in [6.07, 6.45) is 1.72. The molecule has 1 heterocycles. The van der Waals surface area contributed by atoms with Gasteiger partial charge in [-0.3, -0.25) is 4.79 Å². The van der Waals surface area contributed by atoms with Crippen molar-refractivity contribution in [2.45, 2.75) is 6.92 Å². The second-order valence-electron chi connectivity index (χ2n) is 3.67. The van der Waals surface area contributed by atoms with Crippen LogP contribution < -0.4 is 5.32 Å². The number of hydrogen-bond donors (Lipinski definition) is 2. The number of benzene rings is 1. The van der Waals surface area contributed by atoms with Crippen molar-refractivity contribution in [3.05, 3.63) is 51.1 Å². The fourth-order valence-corrected chi connectivity index (χ4v) is 1.87. The van der Waals surface area contributed by atoms with Crippen LogP contribution in [0.3, 0.4) is 0 Å². The molecular formula is C12H10FIN2O. The molecule has 5 heteroatoms. The predicted octanol–water partition coefficient (Wildman–Crippen LogP) is 3.32. The molecule has 0 atom stereocenters. The van der Waals surface area contributed by atoms with E-state index in [9.17, 15) is 9.18 Å². The molecule has 0 radical (unpaired) electrons. The third kappa shape index (κ3) is 2.85. The molecule has 0 spiro atoms. The average Bonchev–Trinajstić information content (AvgIpc) is 2.69. The van der Waals surface area contributed by atoms with E-state index in [1.807, 2.05) is 29.5 Å². The lowest BCUT2D eigenvalue weighted by Crippen LogP contribution is -2.13. The summed E-state index contributed by atoms with van der Waals surface area (Å²) in [6.45, 7) is 1.87. The van der Waals surface area contributed by atoms with Gasteiger partial charge in [0.05, 0.1) is 5.69 Å². The number of rotatable bonds is 2. The van der Waals surface area contributed by atoms with E-state index >= 15 is 0 Å². The number of aryl methyl sites for hydroxylation is 1. The molecule has 0 saturated heterocycles. The number of amides is 1. The second-order valence-corrected chi connectivity index (χ2v) is 4.91. The first-order valence-electron chi connectivity index (χ1n) is 4.97. The maximum atomic E-state index is 13.5. The Labute approximate surface area is 112 Å². The number of carbonyl (C=O) groups is 1. The maximum Gasteiger partial charge on any atom is 0.272 e. The van der Waals surface area contributed by atoms with Crippen molar-refractivity contribution in [1.29, 1.82) is 0 Å². The molecule has 0 aliphatic carbocycles. The van der Waals surface area contributed by atoms with Crippen LogP contribution in [0.5, 0.6) is 0 Å². The van der Waals surface area contributed by atoms with Crippen LogP contribution in [0.1, 0.15) is 16.1 Å². The van der Waals surface area contributed by atoms with Crippen LogP contribution in [0, 0.1) is 16.3 Å². The smallest absolute Gasteiger partial charge is 0.272 e. The molecule has 17 heavy (non-hydrogen) atoms. The van der Waals surface area contributed by atoms with E-state index in [-0.39, 0.29) is 11.6 Å². The highest BCUT2D eigenvalue weighted by Gasteiger charge is 2.10. The minimum Gasteiger partial charge on any atom is -0.357 e. The van der Waals surface area contributed by atoms with Crippen LogP contribution in [0.15, 0.2) is 30.5 Å². The van der Waals surface area contributed by atoms with E-state index in [4.69, 9.17) is 0 Å². The SMILES string of the molecule is Cc1c[nH]c(C(=O)Nc2ccc(I)cc2F)c1. The normalized spacial score (nSPS) is 10.3. The first-order valence-corrected chi connectivity index (χ1v) is 6.05. The molecule has 0 fully saturated rings. The van der Waals surface area contributed by atoms with Gasteiger partial charge in [-0.15, -0.1) is 0 Å². The van der Waals surface area contributed by atoms with E-state index < -0.39 is 5.82 Å². The Morgan fingerprint density at radius 2 is 2.18 bits per heavy atom. The molecule has 0 aliphatic rings. The highest BCUT2D eigenvalue weighted by Crippen LogP contribution is 2.17. The number of aromatic nitrogens is 1. The summed E-state index contributed by atoms with van der Waals surface area (Å²) in [7, 11) is 0. The van der Waals surface area contributed by atoms with Crippen LogP contribution in [0.2, 0.25) is 0 Å². The predicted molar refractivity (Wildman–Crippen MR) is 72.6 cm³/mol. The van der Waals surface area contributed by atoms with E-state index in [1.54, 1.807) is 24.4 Å². The monoisotopic (exact) mass is 344 g/mol. The molecule has 0 aliphatic heterocycles. The van der Waals surface area contributed by atoms with Gasteiger partial charge >= 0.3 is 0 Å². The Kier molecular flexibility index (Phi) is 3.46. The quantitative estimate of drug-likeness (QED) is 0.807. The van der Waals surface area contributed by atoms with Gasteiger partial charge in [-0.2, -0.15) is 0 Å². The van der Waals surface area contributed by atoms with Crippen molar-refractivity contribution in [3.63, 3.8) is 0 Å². The van der Waals surface area contributed by atoms with Crippen LogP contribution in [0.4, 0.5) is 10.1 Å². The molecule has 0 bridgehead atoms. The summed E-state index contributed by atoms with van der Waals surface area (Å²) >= 11 is 2.01. The van der Waals surface area contributed by atoms with Crippen molar-refractivity contribution in [2.24, 2.45) is 0 Å². The van der Waals surface area contributed by atoms with Gasteiger partial charge in [-0.1, -0.05) is 0 Å². The first kappa shape index (κ1) is 12.1. The minimum atomic E-state index is -0.437. The topological polar surface area (TPSA) is 44.9 Å². The van der Waals surface area contributed by atoms with Crippen molar-refractivity contribution >= 4 is 34.2 Å². The lowest BCUT2D eigenvalue weighted by atomic mass is 10.3. The zero-order chi connectivity index (χ0) is 12.4. The largest absolute Gasteiger partial charge is 0.357 e. The van der Waals surface area contributed by atoms with Crippen molar-refractivity contribution in [1.82, 2.24) is 4.98 Å². The molecule has 2 rings (SSSR count). The summed E-state index contributed by atoms with van der Waals surface area (Å²) in [5.41, 5.74) is 1.56. The Balaban J connectivity index is 2.18. The van der Waals surface area contributed by atoms with Gasteiger partial charge in [0, 0.05) is 9.77 Å². The molecule has 2 aromatic rings. The van der Waals surface area contributed by atoms with Gasteiger partial charge in [-0.05, 0) is 59.3 Å². The Morgan fingerprint density at radius 1 is 1.41 bits per heavy atom. The third-order valence-electron chi connectivity index (χ3n) is 2.25. The van der Waals surface area contributed by atoms with Crippen LogP contribution in [-0.4, -0.2) is 10.9 Å². The van der Waals surface area contributed by atoms with Gasteiger partial charge in [0.1, 0.15) is 11.5 Å². The summed E-state index contributed by atoms with van der Waals surface area (Å²) in [5.74, 6) is -0.785. The highest BCUT2D eigenvalue weighted by molar-refractivity contribution is 14.1. The van der Waals surface area contributed by atoms with Crippen LogP contribution in [-0.2, 0) is 0 Å². The fraction of sp³-hybridized carbons (Fsp3) is 0.0833. The third-order valence-corrected chi connectivity index (χ3v) is 2.92. The van der Waals surface area contributed by atoms with Gasteiger partial charge in [-0.25, -0.2) is 4.39 Å². The van der Waals surface area contributed by atoms with Gasteiger partial charge < -0.3 is 10.3 Å². The second kappa shape index (κ2) is 4.87. The Morgan fingerprint density at radius 3 is 2.76 bits per heavy atom. The minimum absolute atomic E-state index is 0.183. The molecule has 1 aromatic carbocycles. The lowest BCUT2D eigenvalue weighted by Gasteiger charge is -2.05. The zero-order valence-electron chi connectivity index (χ0n) is 9.05. The summed E-state index contributed by atoms with van der Waals surface area (Å²) in [5, 5.41) is 2.52. The van der Waals surface area contributed by atoms with E-state index in [0.717, 1.165) is 9.13 Å². The molecule has 88 valence electrons. The number of H-pyrrole nitrogens is 1. The van der Waals surface area contributed by atoms with Crippen molar-refractivity contribution in [2.75, 3.05) is 5.32 Å². The molecule has 0 saturated carbocycles. The molecule has 3 nitrogen and oxygen atoms in total. The molecule has 1 aromatic heterocycles. The maximum absolute atomic E-state index is 13.5. The molecule has 0 unspecified atom stereocenters. The number of anilines is 1. The van der Waals surface area contributed by atoms with Crippen molar-refractivity contribution in [3.8, 4) is 0 Å². The van der Waals surface area contributed by atoms with E-state index in [2.05, 4.69) is 10.3 Å². The summed E-state index contributed by atoms with van der Waals surface area (Å²) < 4.78 is 14.3. The molecular weight excluding hydrogens is 334 g/mol. The van der Waals surface area contributed by atoms with E-state index in [1.165, 1.54) is 6.07 Å². The van der Waals surface area contributed by atoms with Crippen LogP contribution >= 0.6 is 22.6 Å². The van der Waals surface area contributed by atoms with Gasteiger partial charge in [0.25, 0.3) is 5.91 Å². The molecule has 2 N–H and O–H groups in total. The van der Waals surface area contributed by atoms with Crippen molar-refractivity contribution < 1.29 is 9.18 Å². The number of halogens is 2. The Hall–Kier alpha value is -1.37. The average molecular weight is 344 g/mol.